The van der Waals surface area contributed by atoms with Gasteiger partial charge in [0.2, 0.25) is 15.8 Å². The Morgan fingerprint density at radius 2 is 2.19 bits per heavy atom. The van der Waals surface area contributed by atoms with Crippen molar-refractivity contribution in [2.24, 2.45) is 0 Å². The highest BCUT2D eigenvalue weighted by atomic mass is 35.5. The van der Waals surface area contributed by atoms with Crippen LogP contribution in [0.1, 0.15) is 35.9 Å². The molecule has 144 valence electrons. The third-order valence-corrected chi connectivity index (χ3v) is 5.82. The van der Waals surface area contributed by atoms with Crippen LogP contribution in [0.4, 0.5) is 0 Å². The molecule has 0 radical (unpaired) electrons. The first kappa shape index (κ1) is 20.7. The summed E-state index contributed by atoms with van der Waals surface area (Å²) in [6, 6.07) is 4.47. The summed E-state index contributed by atoms with van der Waals surface area (Å²) in [7, 11) is -3.64. The maximum atomic E-state index is 12.6. The van der Waals surface area contributed by atoms with Gasteiger partial charge >= 0.3 is 5.97 Å². The zero-order valence-electron chi connectivity index (χ0n) is 14.7. The summed E-state index contributed by atoms with van der Waals surface area (Å²) in [6.07, 6.45) is 1.75. The van der Waals surface area contributed by atoms with E-state index in [9.17, 15) is 13.2 Å². The Kier molecular flexibility index (Phi) is 6.68. The number of piperidine rings is 1. The van der Waals surface area contributed by atoms with Crippen molar-refractivity contribution in [1.29, 1.82) is 0 Å². The lowest BCUT2D eigenvalue weighted by atomic mass is 10.1. The number of hydrogen-bond acceptors (Lipinski definition) is 6. The van der Waals surface area contributed by atoms with Crippen molar-refractivity contribution >= 4 is 39.4 Å². The second-order valence-corrected chi connectivity index (χ2v) is 7.81. The molecular weight excluding hydrogens is 380 g/mol. The van der Waals surface area contributed by atoms with Crippen molar-refractivity contribution < 1.29 is 22.4 Å². The second kappa shape index (κ2) is 8.39. The number of ether oxygens (including phenoxy) is 1. The SMILES string of the molecule is CCOC(=O)c1oc2ccc(S(=O)(=O)NC3CCCNC3)cc2c1C.Cl. The van der Waals surface area contributed by atoms with Crippen molar-refractivity contribution in [1.82, 2.24) is 10.0 Å². The number of sulfonamides is 1. The molecule has 9 heteroatoms. The molecule has 1 fully saturated rings. The van der Waals surface area contributed by atoms with Crippen LogP contribution in [-0.2, 0) is 14.8 Å². The van der Waals surface area contributed by atoms with E-state index in [1.807, 2.05) is 0 Å². The van der Waals surface area contributed by atoms with Crippen molar-refractivity contribution in [3.8, 4) is 0 Å². The van der Waals surface area contributed by atoms with Crippen molar-refractivity contribution in [3.05, 3.63) is 29.5 Å². The zero-order valence-corrected chi connectivity index (χ0v) is 16.3. The summed E-state index contributed by atoms with van der Waals surface area (Å²) < 4.78 is 38.5. The first-order chi connectivity index (χ1) is 11.9. The third kappa shape index (κ3) is 4.20. The molecule has 1 unspecified atom stereocenters. The van der Waals surface area contributed by atoms with Crippen LogP contribution < -0.4 is 10.0 Å². The molecule has 2 aromatic rings. The van der Waals surface area contributed by atoms with Gasteiger partial charge in [0.25, 0.3) is 0 Å². The van der Waals surface area contributed by atoms with Gasteiger partial charge in [0, 0.05) is 23.5 Å². The molecule has 2 heterocycles. The lowest BCUT2D eigenvalue weighted by molar-refractivity contribution is 0.0491. The van der Waals surface area contributed by atoms with Crippen LogP contribution in [0.25, 0.3) is 11.0 Å². The van der Waals surface area contributed by atoms with Gasteiger partial charge in [-0.25, -0.2) is 17.9 Å². The molecule has 1 aliphatic heterocycles. The summed E-state index contributed by atoms with van der Waals surface area (Å²) in [5.41, 5.74) is 1.03. The van der Waals surface area contributed by atoms with Crippen LogP contribution in [0.3, 0.4) is 0 Å². The van der Waals surface area contributed by atoms with Crippen LogP contribution in [0.5, 0.6) is 0 Å². The summed E-state index contributed by atoms with van der Waals surface area (Å²) in [6.45, 7) is 5.21. The molecule has 0 amide bonds. The van der Waals surface area contributed by atoms with Gasteiger partial charge in [0.05, 0.1) is 11.5 Å². The normalized spacial score (nSPS) is 17.7. The Bertz CT molecular complexity index is 888. The fourth-order valence-electron chi connectivity index (χ4n) is 3.00. The Labute approximate surface area is 158 Å². The van der Waals surface area contributed by atoms with E-state index in [1.165, 1.54) is 12.1 Å². The highest BCUT2D eigenvalue weighted by Crippen LogP contribution is 2.28. The number of esters is 1. The monoisotopic (exact) mass is 402 g/mol. The summed E-state index contributed by atoms with van der Waals surface area (Å²) in [5.74, 6) is -0.442. The van der Waals surface area contributed by atoms with Gasteiger partial charge in [-0.05, 0) is 51.4 Å². The number of furan rings is 1. The Balaban J connectivity index is 0.00000243. The van der Waals surface area contributed by atoms with E-state index in [1.54, 1.807) is 19.9 Å². The molecule has 1 aromatic carbocycles. The lowest BCUT2D eigenvalue weighted by Gasteiger charge is -2.23. The second-order valence-electron chi connectivity index (χ2n) is 6.10. The fraction of sp³-hybridized carbons (Fsp3) is 0.471. The lowest BCUT2D eigenvalue weighted by Crippen LogP contribution is -2.45. The van der Waals surface area contributed by atoms with E-state index in [0.29, 0.717) is 23.1 Å². The third-order valence-electron chi connectivity index (χ3n) is 4.30. The maximum absolute atomic E-state index is 12.6. The molecule has 0 saturated carbocycles. The molecular formula is C17H23ClN2O5S. The molecule has 0 spiro atoms. The van der Waals surface area contributed by atoms with Crippen molar-refractivity contribution in [3.63, 3.8) is 0 Å². The molecule has 26 heavy (non-hydrogen) atoms. The number of hydrogen-bond donors (Lipinski definition) is 2. The van der Waals surface area contributed by atoms with Gasteiger partial charge in [0.15, 0.2) is 0 Å². The largest absolute Gasteiger partial charge is 0.460 e. The smallest absolute Gasteiger partial charge is 0.374 e. The summed E-state index contributed by atoms with van der Waals surface area (Å²) >= 11 is 0. The van der Waals surface area contributed by atoms with Crippen LogP contribution in [0, 0.1) is 6.92 Å². The molecule has 1 atom stereocenters. The average molecular weight is 403 g/mol. The molecule has 0 aliphatic carbocycles. The average Bonchev–Trinajstić information content (AvgIpc) is 2.92. The summed E-state index contributed by atoms with van der Waals surface area (Å²) in [4.78, 5) is 12.1. The number of fused-ring (bicyclic) bond motifs is 1. The van der Waals surface area contributed by atoms with E-state index in [-0.39, 0.29) is 35.7 Å². The number of nitrogens with one attached hydrogen (secondary N) is 2. The molecule has 7 nitrogen and oxygen atoms in total. The molecule has 2 N–H and O–H groups in total. The number of aryl methyl sites for hydroxylation is 1. The van der Waals surface area contributed by atoms with E-state index < -0.39 is 16.0 Å². The topological polar surface area (TPSA) is 97.6 Å². The number of halogens is 1. The zero-order chi connectivity index (χ0) is 18.0. The van der Waals surface area contributed by atoms with Crippen LogP contribution >= 0.6 is 12.4 Å². The molecule has 3 rings (SSSR count). The highest BCUT2D eigenvalue weighted by molar-refractivity contribution is 7.89. The Morgan fingerprint density at radius 1 is 1.42 bits per heavy atom. The predicted molar refractivity (Wildman–Crippen MR) is 100 cm³/mol. The van der Waals surface area contributed by atoms with Gasteiger partial charge in [-0.3, -0.25) is 0 Å². The van der Waals surface area contributed by atoms with Crippen LogP contribution in [0.15, 0.2) is 27.5 Å². The van der Waals surface area contributed by atoms with E-state index >= 15 is 0 Å². The molecule has 1 saturated heterocycles. The minimum Gasteiger partial charge on any atom is -0.460 e. The summed E-state index contributed by atoms with van der Waals surface area (Å²) in [5, 5.41) is 3.77. The van der Waals surface area contributed by atoms with Crippen LogP contribution in [-0.4, -0.2) is 40.1 Å². The van der Waals surface area contributed by atoms with Gasteiger partial charge in [-0.2, -0.15) is 0 Å². The standard InChI is InChI=1S/C17H22N2O5S.ClH/c1-3-23-17(20)16-11(2)14-9-13(6-7-15(14)24-16)25(21,22)19-12-5-4-8-18-10-12;/h6-7,9,12,18-19H,3-5,8,10H2,1-2H3;1H. The quantitative estimate of drug-likeness (QED) is 0.745. The highest BCUT2D eigenvalue weighted by Gasteiger charge is 2.24. The molecule has 1 aliphatic rings. The molecule has 1 aromatic heterocycles. The minimum atomic E-state index is -3.64. The maximum Gasteiger partial charge on any atom is 0.374 e. The number of carbonyl (C=O) groups excluding carboxylic acids is 1. The van der Waals surface area contributed by atoms with Gasteiger partial charge < -0.3 is 14.5 Å². The van der Waals surface area contributed by atoms with Gasteiger partial charge in [0.1, 0.15) is 5.58 Å². The fourth-order valence-corrected chi connectivity index (χ4v) is 4.29. The Hall–Kier alpha value is -1.61. The first-order valence-corrected chi connectivity index (χ1v) is 9.84. The predicted octanol–water partition coefficient (Wildman–Crippen LogP) is 2.37. The van der Waals surface area contributed by atoms with Gasteiger partial charge in [-0.15, -0.1) is 12.4 Å². The van der Waals surface area contributed by atoms with Crippen molar-refractivity contribution in [2.45, 2.75) is 37.6 Å². The van der Waals surface area contributed by atoms with Crippen LogP contribution in [0.2, 0.25) is 0 Å². The minimum absolute atomic E-state index is 0. The Morgan fingerprint density at radius 3 is 2.85 bits per heavy atom. The van der Waals surface area contributed by atoms with Crippen molar-refractivity contribution in [2.75, 3.05) is 19.7 Å². The van der Waals surface area contributed by atoms with E-state index in [2.05, 4.69) is 10.0 Å². The number of benzene rings is 1. The first-order valence-electron chi connectivity index (χ1n) is 8.35. The van der Waals surface area contributed by atoms with Gasteiger partial charge in [-0.1, -0.05) is 0 Å². The molecule has 0 bridgehead atoms. The number of carbonyl (C=O) groups is 1. The number of rotatable bonds is 5. The van der Waals surface area contributed by atoms with E-state index in [4.69, 9.17) is 9.15 Å². The van der Waals surface area contributed by atoms with E-state index in [0.717, 1.165) is 19.4 Å².